The van der Waals surface area contributed by atoms with Gasteiger partial charge in [-0.1, -0.05) is 0 Å². The molecule has 0 atom stereocenters. The zero-order valence-electron chi connectivity index (χ0n) is 13.2. The normalized spacial score (nSPS) is 15.0. The van der Waals surface area contributed by atoms with Crippen LogP contribution in [0.3, 0.4) is 0 Å². The standard InChI is InChI=1S/C17H19N5O2/c18-16(23)12-5-8-20-15(9-12)14-2-1-13(10-21-14)22-17(24)11-3-6-19-7-4-11/h1-2,5,8-11,19H,3-4,6-7H2,(H2,18,23)(H,22,24). The second-order valence-corrected chi connectivity index (χ2v) is 5.74. The summed E-state index contributed by atoms with van der Waals surface area (Å²) in [5.41, 5.74) is 7.46. The Kier molecular flexibility index (Phi) is 4.81. The van der Waals surface area contributed by atoms with Gasteiger partial charge in [0.2, 0.25) is 11.8 Å². The summed E-state index contributed by atoms with van der Waals surface area (Å²) in [6.07, 6.45) is 4.80. The van der Waals surface area contributed by atoms with E-state index in [0.29, 0.717) is 22.6 Å². The van der Waals surface area contributed by atoms with Crippen molar-refractivity contribution in [2.24, 2.45) is 11.7 Å². The van der Waals surface area contributed by atoms with E-state index in [1.165, 1.54) is 6.20 Å². The van der Waals surface area contributed by atoms with Crippen LogP contribution < -0.4 is 16.4 Å². The summed E-state index contributed by atoms with van der Waals surface area (Å²) < 4.78 is 0. The Hall–Kier alpha value is -2.80. The molecule has 2 aromatic rings. The van der Waals surface area contributed by atoms with Crippen molar-refractivity contribution < 1.29 is 9.59 Å². The van der Waals surface area contributed by atoms with Crippen LogP contribution in [0.25, 0.3) is 11.4 Å². The first-order chi connectivity index (χ1) is 11.6. The number of rotatable bonds is 4. The molecule has 124 valence electrons. The number of nitrogens with zero attached hydrogens (tertiary/aromatic N) is 2. The van der Waals surface area contributed by atoms with Crippen molar-refractivity contribution in [2.45, 2.75) is 12.8 Å². The van der Waals surface area contributed by atoms with Crippen LogP contribution in [0.2, 0.25) is 0 Å². The quantitative estimate of drug-likeness (QED) is 0.782. The Morgan fingerprint density at radius 2 is 1.92 bits per heavy atom. The van der Waals surface area contributed by atoms with Crippen LogP contribution in [0.1, 0.15) is 23.2 Å². The van der Waals surface area contributed by atoms with Crippen LogP contribution in [-0.4, -0.2) is 34.9 Å². The van der Waals surface area contributed by atoms with Crippen molar-refractivity contribution in [1.82, 2.24) is 15.3 Å². The Balaban J connectivity index is 1.70. The summed E-state index contributed by atoms with van der Waals surface area (Å²) in [5.74, 6) is -0.441. The third kappa shape index (κ3) is 3.75. The molecular weight excluding hydrogens is 306 g/mol. The lowest BCUT2D eigenvalue weighted by Crippen LogP contribution is -2.34. The smallest absolute Gasteiger partial charge is 0.248 e. The van der Waals surface area contributed by atoms with E-state index in [1.807, 2.05) is 0 Å². The van der Waals surface area contributed by atoms with Gasteiger partial charge in [0.1, 0.15) is 0 Å². The van der Waals surface area contributed by atoms with Crippen LogP contribution in [0.15, 0.2) is 36.7 Å². The van der Waals surface area contributed by atoms with E-state index < -0.39 is 5.91 Å². The summed E-state index contributed by atoms with van der Waals surface area (Å²) in [6.45, 7) is 1.74. The van der Waals surface area contributed by atoms with Crippen molar-refractivity contribution in [3.8, 4) is 11.4 Å². The van der Waals surface area contributed by atoms with E-state index >= 15 is 0 Å². The van der Waals surface area contributed by atoms with Gasteiger partial charge >= 0.3 is 0 Å². The monoisotopic (exact) mass is 325 g/mol. The zero-order chi connectivity index (χ0) is 16.9. The topological polar surface area (TPSA) is 110 Å². The lowest BCUT2D eigenvalue weighted by molar-refractivity contribution is -0.120. The Bertz CT molecular complexity index is 739. The summed E-state index contributed by atoms with van der Waals surface area (Å²) in [7, 11) is 0. The van der Waals surface area contributed by atoms with E-state index in [4.69, 9.17) is 5.73 Å². The molecule has 1 aliphatic heterocycles. The number of pyridine rings is 2. The number of piperidine rings is 1. The Labute approximate surface area is 139 Å². The van der Waals surface area contributed by atoms with Crippen molar-refractivity contribution in [1.29, 1.82) is 0 Å². The maximum atomic E-state index is 12.2. The highest BCUT2D eigenvalue weighted by atomic mass is 16.2. The lowest BCUT2D eigenvalue weighted by Gasteiger charge is -2.21. The van der Waals surface area contributed by atoms with Crippen LogP contribution in [-0.2, 0) is 4.79 Å². The van der Waals surface area contributed by atoms with E-state index in [9.17, 15) is 9.59 Å². The van der Waals surface area contributed by atoms with E-state index in [0.717, 1.165) is 25.9 Å². The van der Waals surface area contributed by atoms with Crippen LogP contribution in [0.5, 0.6) is 0 Å². The average molecular weight is 325 g/mol. The molecule has 4 N–H and O–H groups in total. The van der Waals surface area contributed by atoms with Crippen LogP contribution >= 0.6 is 0 Å². The molecule has 1 saturated heterocycles. The van der Waals surface area contributed by atoms with Gasteiger partial charge in [-0.3, -0.25) is 19.6 Å². The molecule has 7 heteroatoms. The van der Waals surface area contributed by atoms with Crippen molar-refractivity contribution >= 4 is 17.5 Å². The molecule has 0 saturated carbocycles. The highest BCUT2D eigenvalue weighted by Crippen LogP contribution is 2.19. The molecule has 3 rings (SSSR count). The van der Waals surface area contributed by atoms with Crippen LogP contribution in [0, 0.1) is 5.92 Å². The number of hydrogen-bond acceptors (Lipinski definition) is 5. The first-order valence-electron chi connectivity index (χ1n) is 7.87. The molecule has 0 bridgehead atoms. The molecule has 2 amide bonds. The predicted molar refractivity (Wildman–Crippen MR) is 90.2 cm³/mol. The minimum Gasteiger partial charge on any atom is -0.366 e. The first kappa shape index (κ1) is 16.1. The first-order valence-corrected chi connectivity index (χ1v) is 7.87. The molecule has 1 fully saturated rings. The van der Waals surface area contributed by atoms with Gasteiger partial charge in [0.25, 0.3) is 0 Å². The average Bonchev–Trinajstić information content (AvgIpc) is 2.63. The van der Waals surface area contributed by atoms with Gasteiger partial charge in [0.05, 0.1) is 23.3 Å². The third-order valence-electron chi connectivity index (χ3n) is 4.05. The number of primary amides is 1. The minimum absolute atomic E-state index is 0.0277. The lowest BCUT2D eigenvalue weighted by atomic mass is 9.97. The third-order valence-corrected chi connectivity index (χ3v) is 4.05. The molecule has 24 heavy (non-hydrogen) atoms. The van der Waals surface area contributed by atoms with Gasteiger partial charge in [0.15, 0.2) is 0 Å². The number of nitrogens with two attached hydrogens (primary N) is 1. The molecular formula is C17H19N5O2. The van der Waals surface area contributed by atoms with Crippen molar-refractivity contribution in [2.75, 3.05) is 18.4 Å². The largest absolute Gasteiger partial charge is 0.366 e. The molecule has 7 nitrogen and oxygen atoms in total. The molecule has 1 aliphatic rings. The van der Waals surface area contributed by atoms with E-state index in [1.54, 1.807) is 30.5 Å². The highest BCUT2D eigenvalue weighted by Gasteiger charge is 2.20. The molecule has 2 aromatic heterocycles. The van der Waals surface area contributed by atoms with Gasteiger partial charge in [0, 0.05) is 17.7 Å². The summed E-state index contributed by atoms with van der Waals surface area (Å²) in [4.78, 5) is 31.9. The molecule has 0 aromatic carbocycles. The van der Waals surface area contributed by atoms with Gasteiger partial charge in [-0.2, -0.15) is 0 Å². The van der Waals surface area contributed by atoms with Gasteiger partial charge in [-0.25, -0.2) is 0 Å². The summed E-state index contributed by atoms with van der Waals surface area (Å²) in [5, 5.41) is 6.14. The number of carbonyl (C=O) groups excluding carboxylic acids is 2. The number of amides is 2. The number of hydrogen-bond donors (Lipinski definition) is 3. The van der Waals surface area contributed by atoms with E-state index in [2.05, 4.69) is 20.6 Å². The Morgan fingerprint density at radius 3 is 2.58 bits per heavy atom. The highest BCUT2D eigenvalue weighted by molar-refractivity contribution is 5.94. The molecule has 0 aliphatic carbocycles. The van der Waals surface area contributed by atoms with Crippen molar-refractivity contribution in [3.05, 3.63) is 42.2 Å². The summed E-state index contributed by atoms with van der Waals surface area (Å²) >= 11 is 0. The molecule has 0 radical (unpaired) electrons. The second kappa shape index (κ2) is 7.18. The predicted octanol–water partition coefficient (Wildman–Crippen LogP) is 1.18. The molecule has 3 heterocycles. The number of aromatic nitrogens is 2. The fourth-order valence-corrected chi connectivity index (χ4v) is 2.67. The molecule has 0 unspecified atom stereocenters. The number of nitrogens with one attached hydrogen (secondary N) is 2. The SMILES string of the molecule is NC(=O)c1ccnc(-c2ccc(NC(=O)C3CCNCC3)cn2)c1. The second-order valence-electron chi connectivity index (χ2n) is 5.74. The maximum Gasteiger partial charge on any atom is 0.248 e. The summed E-state index contributed by atoms with van der Waals surface area (Å²) in [6, 6.07) is 6.68. The maximum absolute atomic E-state index is 12.2. The zero-order valence-corrected chi connectivity index (χ0v) is 13.2. The minimum atomic E-state index is -0.510. The van der Waals surface area contributed by atoms with E-state index in [-0.39, 0.29) is 11.8 Å². The molecule has 0 spiro atoms. The Morgan fingerprint density at radius 1 is 1.12 bits per heavy atom. The van der Waals surface area contributed by atoms with Gasteiger partial charge in [-0.15, -0.1) is 0 Å². The number of anilines is 1. The number of carbonyl (C=O) groups is 2. The van der Waals surface area contributed by atoms with Gasteiger partial charge in [-0.05, 0) is 50.2 Å². The fourth-order valence-electron chi connectivity index (χ4n) is 2.67. The fraction of sp³-hybridized carbons (Fsp3) is 0.294. The van der Waals surface area contributed by atoms with Crippen molar-refractivity contribution in [3.63, 3.8) is 0 Å². The van der Waals surface area contributed by atoms with Gasteiger partial charge < -0.3 is 16.4 Å². The van der Waals surface area contributed by atoms with Crippen LogP contribution in [0.4, 0.5) is 5.69 Å².